The number of carbonyl (C=O) groups excluding carboxylic acids is 2. The predicted molar refractivity (Wildman–Crippen MR) is 93.6 cm³/mol. The maximum atomic E-state index is 12.6. The topological polar surface area (TPSA) is 91.3 Å². The second-order valence-corrected chi connectivity index (χ2v) is 7.75. The van der Waals surface area contributed by atoms with Crippen molar-refractivity contribution in [3.63, 3.8) is 0 Å². The van der Waals surface area contributed by atoms with E-state index in [1.807, 2.05) is 0 Å². The standard InChI is InChI=1S/C18H19N3O3S/c22-13-4-2-1-3-12(13)16(23)20-15-7-11-5-6-18(15,8-11)21-17(24)14-9-19-10-25-14/h1-4,9-11,15,22H,5-8H2,(H,20,23)(H,21,24)/t11-,15+,18+/m0/s1. The summed E-state index contributed by atoms with van der Waals surface area (Å²) in [6.07, 6.45) is 5.21. The van der Waals surface area contributed by atoms with Crippen molar-refractivity contribution in [2.75, 3.05) is 0 Å². The highest BCUT2D eigenvalue weighted by Crippen LogP contribution is 2.48. The number of aromatic nitrogens is 1. The zero-order valence-electron chi connectivity index (χ0n) is 13.6. The van der Waals surface area contributed by atoms with E-state index in [4.69, 9.17) is 0 Å². The largest absolute Gasteiger partial charge is 0.507 e. The molecule has 2 bridgehead atoms. The van der Waals surface area contributed by atoms with E-state index in [-0.39, 0.29) is 29.2 Å². The molecule has 1 heterocycles. The molecule has 3 atom stereocenters. The lowest BCUT2D eigenvalue weighted by Gasteiger charge is -2.36. The first-order valence-electron chi connectivity index (χ1n) is 8.37. The van der Waals surface area contributed by atoms with Gasteiger partial charge in [0.05, 0.1) is 28.9 Å². The molecular weight excluding hydrogens is 338 g/mol. The molecule has 0 radical (unpaired) electrons. The zero-order chi connectivity index (χ0) is 17.4. The van der Waals surface area contributed by atoms with Gasteiger partial charge in [-0.2, -0.15) is 0 Å². The molecule has 7 heteroatoms. The molecule has 2 aromatic rings. The summed E-state index contributed by atoms with van der Waals surface area (Å²) < 4.78 is 0. The molecule has 2 aliphatic rings. The summed E-state index contributed by atoms with van der Waals surface area (Å²) in [5, 5.41) is 16.1. The van der Waals surface area contributed by atoms with Crippen LogP contribution in [0, 0.1) is 5.92 Å². The van der Waals surface area contributed by atoms with E-state index in [1.165, 1.54) is 17.4 Å². The summed E-state index contributed by atoms with van der Waals surface area (Å²) in [5.41, 5.74) is 1.48. The first-order valence-corrected chi connectivity index (χ1v) is 9.25. The molecule has 2 amide bonds. The number of aromatic hydroxyl groups is 1. The molecule has 0 aliphatic heterocycles. The number of hydrogen-bond acceptors (Lipinski definition) is 5. The number of rotatable bonds is 4. The van der Waals surface area contributed by atoms with Gasteiger partial charge in [-0.15, -0.1) is 11.3 Å². The summed E-state index contributed by atoms with van der Waals surface area (Å²) in [4.78, 5) is 29.6. The molecule has 0 unspecified atom stereocenters. The number of para-hydroxylation sites is 1. The van der Waals surface area contributed by atoms with Gasteiger partial charge in [0.2, 0.25) is 0 Å². The number of nitrogens with one attached hydrogen (secondary N) is 2. The number of carbonyl (C=O) groups is 2. The molecule has 1 aromatic heterocycles. The number of nitrogens with zero attached hydrogens (tertiary/aromatic N) is 1. The number of phenols is 1. The van der Waals surface area contributed by atoms with Crippen molar-refractivity contribution in [3.8, 4) is 5.75 Å². The third-order valence-electron chi connectivity index (χ3n) is 5.36. The van der Waals surface area contributed by atoms with E-state index in [0.717, 1.165) is 25.7 Å². The van der Waals surface area contributed by atoms with Gasteiger partial charge in [0, 0.05) is 0 Å². The summed E-state index contributed by atoms with van der Waals surface area (Å²) in [6, 6.07) is 6.37. The van der Waals surface area contributed by atoms with E-state index in [9.17, 15) is 14.7 Å². The molecule has 0 saturated heterocycles. The Bertz CT molecular complexity index is 808. The van der Waals surface area contributed by atoms with Crippen LogP contribution >= 0.6 is 11.3 Å². The summed E-state index contributed by atoms with van der Waals surface area (Å²) in [6.45, 7) is 0. The SMILES string of the molecule is O=C(N[C@@]12CC[C@@H](C[C@H]1NC(=O)c1ccccc1O)C2)c1cncs1. The highest BCUT2D eigenvalue weighted by molar-refractivity contribution is 7.11. The van der Waals surface area contributed by atoms with Crippen molar-refractivity contribution in [2.45, 2.75) is 37.3 Å². The van der Waals surface area contributed by atoms with Gasteiger partial charge in [0.1, 0.15) is 10.6 Å². The van der Waals surface area contributed by atoms with Crippen LogP contribution in [0.1, 0.15) is 45.7 Å². The average molecular weight is 357 g/mol. The van der Waals surface area contributed by atoms with E-state index < -0.39 is 5.54 Å². The summed E-state index contributed by atoms with van der Waals surface area (Å²) >= 11 is 1.31. The fourth-order valence-corrected chi connectivity index (χ4v) is 4.69. The minimum absolute atomic E-state index is 0.0362. The minimum atomic E-state index is -0.411. The number of amides is 2. The molecular formula is C18H19N3O3S. The molecule has 2 aliphatic carbocycles. The molecule has 3 N–H and O–H groups in total. The quantitative estimate of drug-likeness (QED) is 0.783. The van der Waals surface area contributed by atoms with Gasteiger partial charge in [-0.05, 0) is 43.7 Å². The Hall–Kier alpha value is -2.41. The monoisotopic (exact) mass is 357 g/mol. The van der Waals surface area contributed by atoms with Crippen LogP contribution in [-0.2, 0) is 0 Å². The van der Waals surface area contributed by atoms with Crippen molar-refractivity contribution in [1.29, 1.82) is 0 Å². The highest BCUT2D eigenvalue weighted by atomic mass is 32.1. The van der Waals surface area contributed by atoms with Crippen molar-refractivity contribution < 1.29 is 14.7 Å². The number of thiazole rings is 1. The van der Waals surface area contributed by atoms with Gasteiger partial charge in [0.25, 0.3) is 11.8 Å². The Balaban J connectivity index is 1.52. The molecule has 1 aromatic carbocycles. The lowest BCUT2D eigenvalue weighted by Crippen LogP contribution is -2.59. The normalized spacial score (nSPS) is 27.2. The second kappa shape index (κ2) is 6.15. The number of hydrogen-bond donors (Lipinski definition) is 3. The van der Waals surface area contributed by atoms with Gasteiger partial charge in [-0.1, -0.05) is 12.1 Å². The van der Waals surface area contributed by atoms with Crippen molar-refractivity contribution >= 4 is 23.2 Å². The number of benzene rings is 1. The zero-order valence-corrected chi connectivity index (χ0v) is 14.4. The van der Waals surface area contributed by atoms with Gasteiger partial charge in [-0.25, -0.2) is 0 Å². The Morgan fingerprint density at radius 3 is 2.84 bits per heavy atom. The van der Waals surface area contributed by atoms with Gasteiger partial charge in [0.15, 0.2) is 0 Å². The van der Waals surface area contributed by atoms with Crippen LogP contribution in [0.15, 0.2) is 36.0 Å². The third-order valence-corrected chi connectivity index (χ3v) is 6.13. The lowest BCUT2D eigenvalue weighted by atomic mass is 9.87. The van der Waals surface area contributed by atoms with Gasteiger partial charge < -0.3 is 15.7 Å². The van der Waals surface area contributed by atoms with Crippen molar-refractivity contribution in [3.05, 3.63) is 46.4 Å². The van der Waals surface area contributed by atoms with E-state index in [0.29, 0.717) is 10.8 Å². The van der Waals surface area contributed by atoms with E-state index in [2.05, 4.69) is 15.6 Å². The van der Waals surface area contributed by atoms with Gasteiger partial charge >= 0.3 is 0 Å². The fourth-order valence-electron chi connectivity index (χ4n) is 4.17. The maximum absolute atomic E-state index is 12.6. The first-order chi connectivity index (χ1) is 12.1. The molecule has 6 nitrogen and oxygen atoms in total. The molecule has 2 fully saturated rings. The van der Waals surface area contributed by atoms with Crippen LogP contribution in [0.2, 0.25) is 0 Å². The molecule has 0 spiro atoms. The smallest absolute Gasteiger partial charge is 0.263 e. The highest BCUT2D eigenvalue weighted by Gasteiger charge is 2.53. The summed E-state index contributed by atoms with van der Waals surface area (Å²) in [5.74, 6) is 0.0382. The van der Waals surface area contributed by atoms with Crippen LogP contribution in [0.25, 0.3) is 0 Å². The van der Waals surface area contributed by atoms with Crippen LogP contribution in [0.4, 0.5) is 0 Å². The number of phenolic OH excluding ortho intramolecular Hbond substituents is 1. The molecule has 2 saturated carbocycles. The lowest BCUT2D eigenvalue weighted by molar-refractivity contribution is 0.0831. The fraction of sp³-hybridized carbons (Fsp3) is 0.389. The van der Waals surface area contributed by atoms with Crippen molar-refractivity contribution in [2.24, 2.45) is 5.92 Å². The van der Waals surface area contributed by atoms with Crippen LogP contribution < -0.4 is 10.6 Å². The minimum Gasteiger partial charge on any atom is -0.507 e. The second-order valence-electron chi connectivity index (χ2n) is 6.86. The van der Waals surface area contributed by atoms with Crippen molar-refractivity contribution in [1.82, 2.24) is 15.6 Å². The first kappa shape index (κ1) is 16.1. The van der Waals surface area contributed by atoms with Gasteiger partial charge in [-0.3, -0.25) is 14.6 Å². The van der Waals surface area contributed by atoms with Crippen LogP contribution in [-0.4, -0.2) is 33.5 Å². The Morgan fingerprint density at radius 2 is 2.12 bits per heavy atom. The Morgan fingerprint density at radius 1 is 1.28 bits per heavy atom. The van der Waals surface area contributed by atoms with E-state index in [1.54, 1.807) is 29.9 Å². The molecule has 130 valence electrons. The predicted octanol–water partition coefficient (Wildman–Crippen LogP) is 2.32. The van der Waals surface area contributed by atoms with Crippen LogP contribution in [0.3, 0.4) is 0 Å². The average Bonchev–Trinajstić information content (AvgIpc) is 3.31. The van der Waals surface area contributed by atoms with Crippen LogP contribution in [0.5, 0.6) is 5.75 Å². The Labute approximate surface area is 149 Å². The third kappa shape index (κ3) is 2.89. The molecule has 4 rings (SSSR count). The Kier molecular flexibility index (Phi) is 3.95. The molecule has 25 heavy (non-hydrogen) atoms. The number of fused-ring (bicyclic) bond motifs is 2. The van der Waals surface area contributed by atoms with E-state index >= 15 is 0 Å². The maximum Gasteiger partial charge on any atom is 0.263 e. The summed E-state index contributed by atoms with van der Waals surface area (Å²) in [7, 11) is 0.